The lowest BCUT2D eigenvalue weighted by Crippen LogP contribution is -2.54. The van der Waals surface area contributed by atoms with Gasteiger partial charge in [0.25, 0.3) is 5.91 Å². The minimum atomic E-state index is -1.05. The number of anilines is 1. The molecule has 0 aromatic heterocycles. The summed E-state index contributed by atoms with van der Waals surface area (Å²) in [7, 11) is 6.04. The minimum Gasteiger partial charge on any atom is -0.508 e. The molecule has 4 aliphatic rings. The highest BCUT2D eigenvalue weighted by molar-refractivity contribution is 6.34. The van der Waals surface area contributed by atoms with Crippen LogP contribution in [0.3, 0.4) is 0 Å². The predicted molar refractivity (Wildman–Crippen MR) is 184 cm³/mol. The van der Waals surface area contributed by atoms with E-state index in [0.717, 1.165) is 56.4 Å². The zero-order valence-corrected chi connectivity index (χ0v) is 28.2. The summed E-state index contributed by atoms with van der Waals surface area (Å²) in [6.45, 7) is 7.91. The number of aromatic hydroxyl groups is 1. The highest BCUT2D eigenvalue weighted by Crippen LogP contribution is 2.28. The maximum Gasteiger partial charge on any atom is 0.410 e. The predicted octanol–water partition coefficient (Wildman–Crippen LogP) is 2.93. The average Bonchev–Trinajstić information content (AvgIpc) is 3.24. The van der Waals surface area contributed by atoms with Crippen LogP contribution in [0.25, 0.3) is 0 Å². The summed E-state index contributed by atoms with van der Waals surface area (Å²) in [5.74, 6) is -0.229. The number of para-hydroxylation sites is 1. The smallest absolute Gasteiger partial charge is 0.410 e. The number of phenolic OH excluding ortho intramolecular Hbond substituents is 1. The van der Waals surface area contributed by atoms with Crippen LogP contribution in [0, 0.1) is 6.92 Å². The fourth-order valence-corrected chi connectivity index (χ4v) is 7.72. The Labute approximate surface area is 284 Å². The zero-order valence-electron chi connectivity index (χ0n) is 28.2. The maximum absolute atomic E-state index is 14.0. The van der Waals surface area contributed by atoms with Crippen LogP contribution in [0.1, 0.15) is 62.1 Å². The molecule has 4 amide bonds. The molecular weight excluding hydrogens is 609 g/mol. The zero-order chi connectivity index (χ0) is 34.0. The molecule has 3 fully saturated rings. The molecule has 2 radical (unpaired) electrons. The Kier molecular flexibility index (Phi) is 10.2. The van der Waals surface area contributed by atoms with Gasteiger partial charge in [0.05, 0.1) is 5.60 Å². The third-order valence-electron chi connectivity index (χ3n) is 10.8. The molecule has 256 valence electrons. The van der Waals surface area contributed by atoms with Crippen molar-refractivity contribution in [3.63, 3.8) is 0 Å². The molecule has 3 saturated heterocycles. The lowest BCUT2D eigenvalue weighted by Gasteiger charge is -2.43. The van der Waals surface area contributed by atoms with Crippen LogP contribution in [-0.4, -0.2) is 125 Å². The third kappa shape index (κ3) is 7.75. The summed E-state index contributed by atoms with van der Waals surface area (Å²) < 4.78 is 6.01. The highest BCUT2D eigenvalue weighted by atomic mass is 16.6. The van der Waals surface area contributed by atoms with Gasteiger partial charge in [0.1, 0.15) is 13.6 Å². The van der Waals surface area contributed by atoms with Crippen LogP contribution in [0.4, 0.5) is 15.3 Å². The number of amides is 4. The number of likely N-dealkylation sites (tertiary alicyclic amines) is 3. The number of nitrogens with zero attached hydrogens (tertiary/aromatic N) is 4. The van der Waals surface area contributed by atoms with Gasteiger partial charge in [-0.2, -0.15) is 0 Å². The number of fused-ring (bicyclic) bond motifs is 1. The lowest BCUT2D eigenvalue weighted by atomic mass is 9.89. The molecule has 2 aromatic rings. The van der Waals surface area contributed by atoms with Gasteiger partial charge in [0.15, 0.2) is 6.10 Å². The molecular formula is C36H48BN5O6. The number of carbonyl (C=O) groups is 3. The molecule has 12 heteroatoms. The molecule has 4 aliphatic heterocycles. The topological polar surface area (TPSA) is 126 Å². The van der Waals surface area contributed by atoms with E-state index >= 15 is 0 Å². The number of carbonyl (C=O) groups excluding carboxylic acids is 3. The first-order chi connectivity index (χ1) is 23.0. The van der Waals surface area contributed by atoms with Crippen LogP contribution in [0.15, 0.2) is 36.4 Å². The molecule has 4 heterocycles. The maximum atomic E-state index is 14.0. The molecule has 48 heavy (non-hydrogen) atoms. The van der Waals surface area contributed by atoms with E-state index in [4.69, 9.17) is 12.6 Å². The van der Waals surface area contributed by atoms with E-state index in [0.29, 0.717) is 62.7 Å². The summed E-state index contributed by atoms with van der Waals surface area (Å²) >= 11 is 0. The van der Waals surface area contributed by atoms with Gasteiger partial charge in [-0.15, -0.1) is 0 Å². The van der Waals surface area contributed by atoms with Crippen molar-refractivity contribution >= 4 is 37.0 Å². The molecule has 11 nitrogen and oxygen atoms in total. The van der Waals surface area contributed by atoms with Crippen LogP contribution in [-0.2, 0) is 22.4 Å². The molecule has 6 rings (SSSR count). The number of ether oxygens (including phenoxy) is 1. The van der Waals surface area contributed by atoms with Crippen molar-refractivity contribution in [1.29, 1.82) is 0 Å². The normalized spacial score (nSPS) is 21.6. The van der Waals surface area contributed by atoms with Gasteiger partial charge in [-0.3, -0.25) is 4.79 Å². The molecule has 1 atom stereocenters. The first kappa shape index (κ1) is 34.1. The molecule has 0 saturated carbocycles. The second kappa shape index (κ2) is 14.4. The summed E-state index contributed by atoms with van der Waals surface area (Å²) in [4.78, 5) is 48.4. The Hall–Kier alpha value is -3.77. The Morgan fingerprint density at radius 1 is 0.979 bits per heavy atom. The van der Waals surface area contributed by atoms with E-state index < -0.39 is 17.8 Å². The third-order valence-corrected chi connectivity index (χ3v) is 10.8. The number of piperidine rings is 3. The van der Waals surface area contributed by atoms with E-state index in [-0.39, 0.29) is 35.6 Å². The highest BCUT2D eigenvalue weighted by Gasteiger charge is 2.37. The lowest BCUT2D eigenvalue weighted by molar-refractivity contribution is -0.142. The molecule has 3 N–H and O–H groups in total. The Morgan fingerprint density at radius 2 is 1.62 bits per heavy atom. The largest absolute Gasteiger partial charge is 0.508 e. The van der Waals surface area contributed by atoms with Crippen LogP contribution in [0.5, 0.6) is 5.75 Å². The molecule has 0 aliphatic carbocycles. The number of nitrogens with one attached hydrogen (secondary N) is 1. The number of hydrogen-bond donors (Lipinski definition) is 3. The Bertz CT molecular complexity index is 1470. The number of benzene rings is 2. The fraction of sp³-hybridized carbons (Fsp3) is 0.583. The van der Waals surface area contributed by atoms with E-state index in [1.165, 1.54) is 0 Å². The fourth-order valence-electron chi connectivity index (χ4n) is 7.72. The van der Waals surface area contributed by atoms with Crippen LogP contribution < -0.4 is 10.8 Å². The van der Waals surface area contributed by atoms with E-state index in [2.05, 4.69) is 10.2 Å². The van der Waals surface area contributed by atoms with Gasteiger partial charge in [-0.05, 0) is 81.5 Å². The van der Waals surface area contributed by atoms with E-state index in [1.807, 2.05) is 36.1 Å². The first-order valence-electron chi connectivity index (χ1n) is 17.4. The van der Waals surface area contributed by atoms with Gasteiger partial charge in [0, 0.05) is 70.0 Å². The van der Waals surface area contributed by atoms with Crippen molar-refractivity contribution in [2.75, 3.05) is 51.1 Å². The van der Waals surface area contributed by atoms with Gasteiger partial charge >= 0.3 is 12.1 Å². The summed E-state index contributed by atoms with van der Waals surface area (Å²) in [5.41, 5.74) is 2.86. The van der Waals surface area contributed by atoms with E-state index in [1.54, 1.807) is 28.9 Å². The van der Waals surface area contributed by atoms with Crippen molar-refractivity contribution in [3.8, 4) is 5.75 Å². The quantitative estimate of drug-likeness (QED) is 0.408. The SMILES string of the molecule is [B]c1cc(C[C@@H](OC(=O)N2CCC(N3CCc4ccccc4NC3=O)CC2)C(=O)N2CCC(N3CCC(C)(O)CC3)CC2)cc(C)c1O. The number of aryl methyl sites for hydroxylation is 1. The van der Waals surface area contributed by atoms with Crippen LogP contribution in [0.2, 0.25) is 0 Å². The summed E-state index contributed by atoms with van der Waals surface area (Å²) in [6.07, 6.45) is 3.68. The second-order valence-electron chi connectivity index (χ2n) is 14.3. The average molecular weight is 658 g/mol. The Balaban J connectivity index is 1.08. The monoisotopic (exact) mass is 657 g/mol. The first-order valence-corrected chi connectivity index (χ1v) is 17.4. The summed E-state index contributed by atoms with van der Waals surface area (Å²) in [5, 5.41) is 23.6. The van der Waals surface area contributed by atoms with Crippen molar-refractivity contribution in [1.82, 2.24) is 19.6 Å². The molecule has 0 bridgehead atoms. The minimum absolute atomic E-state index is 0.00365. The molecule has 2 aromatic carbocycles. The van der Waals surface area contributed by atoms with Gasteiger partial charge < -0.3 is 39.9 Å². The number of aliphatic hydroxyl groups is 1. The van der Waals surface area contributed by atoms with Gasteiger partial charge in [-0.1, -0.05) is 35.8 Å². The molecule has 0 unspecified atom stereocenters. The van der Waals surface area contributed by atoms with Crippen molar-refractivity contribution < 1.29 is 29.3 Å². The van der Waals surface area contributed by atoms with Crippen molar-refractivity contribution in [2.45, 2.75) is 89.0 Å². The number of phenols is 1. The van der Waals surface area contributed by atoms with E-state index in [9.17, 15) is 24.6 Å². The van der Waals surface area contributed by atoms with Crippen molar-refractivity contribution in [2.24, 2.45) is 0 Å². The Morgan fingerprint density at radius 3 is 2.31 bits per heavy atom. The number of hydrogen-bond acceptors (Lipinski definition) is 7. The standard InChI is InChI=1S/C36H48BN5O6/c1-24-21-25(22-29(37)32(24)43)23-31(33(44)40-14-8-27(9-15-40)39-19-12-36(2,47)13-20-39)48-35(46)41-16-10-28(11-17-41)42-18-7-26-5-3-4-6-30(26)38-34(42)45/h3-6,21-22,27-28,31,43,47H,7-20,23H2,1-2H3,(H,38,45)/t31-/m1/s1. The number of urea groups is 1. The summed E-state index contributed by atoms with van der Waals surface area (Å²) in [6, 6.07) is 11.5. The number of rotatable bonds is 6. The van der Waals surface area contributed by atoms with Gasteiger partial charge in [-0.25, -0.2) is 9.59 Å². The van der Waals surface area contributed by atoms with Gasteiger partial charge in [0.2, 0.25) is 0 Å². The van der Waals surface area contributed by atoms with Crippen molar-refractivity contribution in [3.05, 3.63) is 53.1 Å². The molecule has 0 spiro atoms. The van der Waals surface area contributed by atoms with Crippen LogP contribution >= 0.6 is 0 Å². The second-order valence-corrected chi connectivity index (χ2v) is 14.3.